The van der Waals surface area contributed by atoms with Gasteiger partial charge < -0.3 is 20.0 Å². The van der Waals surface area contributed by atoms with Crippen molar-refractivity contribution in [3.05, 3.63) is 59.0 Å². The Morgan fingerprint density at radius 2 is 1.79 bits per heavy atom. The van der Waals surface area contributed by atoms with Gasteiger partial charge in [-0.1, -0.05) is 12.1 Å². The van der Waals surface area contributed by atoms with Crippen molar-refractivity contribution >= 4 is 11.9 Å². The molecule has 2 heterocycles. The van der Waals surface area contributed by atoms with Gasteiger partial charge in [0.1, 0.15) is 11.5 Å². The number of piperidine rings is 1. The van der Waals surface area contributed by atoms with E-state index in [4.69, 9.17) is 4.42 Å². The van der Waals surface area contributed by atoms with E-state index in [1.807, 2.05) is 55.1 Å². The number of furan rings is 1. The molecule has 1 fully saturated rings. The van der Waals surface area contributed by atoms with Gasteiger partial charge in [0.05, 0.1) is 6.54 Å². The fourth-order valence-electron chi connectivity index (χ4n) is 3.58. The summed E-state index contributed by atoms with van der Waals surface area (Å²) in [6.07, 6.45) is 3.01. The first-order valence-electron chi connectivity index (χ1n) is 10.0. The van der Waals surface area contributed by atoms with E-state index in [9.17, 15) is 9.59 Å². The van der Waals surface area contributed by atoms with Gasteiger partial charge in [-0.3, -0.25) is 4.79 Å². The maximum absolute atomic E-state index is 12.3. The van der Waals surface area contributed by atoms with Crippen molar-refractivity contribution in [1.82, 2.24) is 15.5 Å². The number of hydrogen-bond donors (Lipinski definition) is 2. The highest BCUT2D eigenvalue weighted by Crippen LogP contribution is 2.22. The van der Waals surface area contributed by atoms with Gasteiger partial charge in [0.2, 0.25) is 0 Å². The number of amides is 3. The molecule has 0 aliphatic carbocycles. The van der Waals surface area contributed by atoms with Crippen LogP contribution in [0.3, 0.4) is 0 Å². The third kappa shape index (κ3) is 5.38. The third-order valence-corrected chi connectivity index (χ3v) is 5.19. The van der Waals surface area contributed by atoms with Crippen molar-refractivity contribution < 1.29 is 14.0 Å². The summed E-state index contributed by atoms with van der Waals surface area (Å²) >= 11 is 0. The Labute approximate surface area is 166 Å². The van der Waals surface area contributed by atoms with Crippen LogP contribution in [-0.2, 0) is 13.0 Å². The van der Waals surface area contributed by atoms with Gasteiger partial charge in [0.15, 0.2) is 0 Å². The van der Waals surface area contributed by atoms with Crippen molar-refractivity contribution in [2.45, 2.75) is 39.7 Å². The molecular weight excluding hydrogens is 354 g/mol. The number of nitrogens with one attached hydrogen (secondary N) is 2. The zero-order valence-electron chi connectivity index (χ0n) is 16.7. The van der Waals surface area contributed by atoms with Gasteiger partial charge in [-0.15, -0.1) is 0 Å². The number of aryl methyl sites for hydroxylation is 1. The second kappa shape index (κ2) is 9.44. The van der Waals surface area contributed by atoms with Crippen LogP contribution in [0, 0.1) is 12.8 Å². The number of carbonyl (C=O) groups excluding carboxylic acids is 2. The first-order valence-corrected chi connectivity index (χ1v) is 10.0. The molecule has 3 rings (SSSR count). The summed E-state index contributed by atoms with van der Waals surface area (Å²) in [5.41, 5.74) is 1.88. The largest absolute Gasteiger partial charge is 0.465 e. The number of likely N-dealkylation sites (tertiary alicyclic amines) is 1. The molecular formula is C22H29N3O3. The lowest BCUT2D eigenvalue weighted by molar-refractivity contribution is 0.0948. The van der Waals surface area contributed by atoms with Gasteiger partial charge in [-0.05, 0) is 68.9 Å². The molecule has 1 saturated heterocycles. The lowest BCUT2D eigenvalue weighted by atomic mass is 9.90. The van der Waals surface area contributed by atoms with Crippen LogP contribution in [0.1, 0.15) is 47.2 Å². The molecule has 1 aromatic carbocycles. The minimum absolute atomic E-state index is 0.0426. The monoisotopic (exact) mass is 383 g/mol. The molecule has 1 aliphatic rings. The average molecular weight is 383 g/mol. The number of urea groups is 1. The molecule has 2 N–H and O–H groups in total. The molecule has 150 valence electrons. The third-order valence-electron chi connectivity index (χ3n) is 5.19. The molecule has 3 amide bonds. The predicted octanol–water partition coefficient (Wildman–Crippen LogP) is 3.50. The molecule has 0 atom stereocenters. The summed E-state index contributed by atoms with van der Waals surface area (Å²) in [5, 5.41) is 5.74. The van der Waals surface area contributed by atoms with Crippen LogP contribution < -0.4 is 10.6 Å². The number of carbonyl (C=O) groups is 2. The van der Waals surface area contributed by atoms with Crippen LogP contribution in [0.2, 0.25) is 0 Å². The quantitative estimate of drug-likeness (QED) is 0.802. The van der Waals surface area contributed by atoms with Crippen molar-refractivity contribution in [3.63, 3.8) is 0 Å². The molecule has 0 spiro atoms. The SMILES string of the molecule is CCNC(=O)N1CCC(Cc2ccc(C(=O)NCc3ccc(C)o3)cc2)CC1. The number of hydrogen-bond acceptors (Lipinski definition) is 3. The van der Waals surface area contributed by atoms with E-state index in [0.717, 1.165) is 43.9 Å². The minimum Gasteiger partial charge on any atom is -0.465 e. The highest BCUT2D eigenvalue weighted by Gasteiger charge is 2.22. The Morgan fingerprint density at radius 1 is 1.07 bits per heavy atom. The Morgan fingerprint density at radius 3 is 2.39 bits per heavy atom. The molecule has 1 aliphatic heterocycles. The maximum atomic E-state index is 12.3. The van der Waals surface area contributed by atoms with Gasteiger partial charge in [0.25, 0.3) is 5.91 Å². The molecule has 6 nitrogen and oxygen atoms in total. The van der Waals surface area contributed by atoms with Crippen molar-refractivity contribution in [2.75, 3.05) is 19.6 Å². The number of nitrogens with zero attached hydrogens (tertiary/aromatic N) is 1. The summed E-state index contributed by atoms with van der Waals surface area (Å²) in [7, 11) is 0. The molecule has 0 saturated carbocycles. The van der Waals surface area contributed by atoms with E-state index in [2.05, 4.69) is 10.6 Å². The van der Waals surface area contributed by atoms with Crippen LogP contribution in [0.25, 0.3) is 0 Å². The number of rotatable bonds is 6. The second-order valence-corrected chi connectivity index (χ2v) is 7.36. The zero-order valence-corrected chi connectivity index (χ0v) is 16.7. The van der Waals surface area contributed by atoms with Crippen LogP contribution in [-0.4, -0.2) is 36.5 Å². The predicted molar refractivity (Wildman–Crippen MR) is 108 cm³/mol. The van der Waals surface area contributed by atoms with E-state index >= 15 is 0 Å². The van der Waals surface area contributed by atoms with Crippen LogP contribution in [0.15, 0.2) is 40.8 Å². The Bertz CT molecular complexity index is 790. The van der Waals surface area contributed by atoms with E-state index in [1.165, 1.54) is 5.56 Å². The summed E-state index contributed by atoms with van der Waals surface area (Å²) in [4.78, 5) is 26.1. The normalized spacial score (nSPS) is 14.7. The Balaban J connectivity index is 1.45. The van der Waals surface area contributed by atoms with Crippen molar-refractivity contribution in [1.29, 1.82) is 0 Å². The van der Waals surface area contributed by atoms with Gasteiger partial charge in [-0.25, -0.2) is 4.79 Å². The first kappa shape index (κ1) is 20.0. The molecule has 0 unspecified atom stereocenters. The highest BCUT2D eigenvalue weighted by atomic mass is 16.3. The molecule has 2 aromatic rings. The molecule has 6 heteroatoms. The molecule has 0 radical (unpaired) electrons. The van der Waals surface area contributed by atoms with Crippen LogP contribution in [0.5, 0.6) is 0 Å². The Kier molecular flexibility index (Phi) is 6.74. The van der Waals surface area contributed by atoms with Crippen LogP contribution in [0.4, 0.5) is 4.79 Å². The van der Waals surface area contributed by atoms with E-state index < -0.39 is 0 Å². The van der Waals surface area contributed by atoms with E-state index in [0.29, 0.717) is 24.6 Å². The summed E-state index contributed by atoms with van der Waals surface area (Å²) < 4.78 is 5.47. The van der Waals surface area contributed by atoms with Crippen LogP contribution >= 0.6 is 0 Å². The van der Waals surface area contributed by atoms with Crippen molar-refractivity contribution in [2.24, 2.45) is 5.92 Å². The lowest BCUT2D eigenvalue weighted by Crippen LogP contribution is -2.44. The van der Waals surface area contributed by atoms with Gasteiger partial charge in [-0.2, -0.15) is 0 Å². The smallest absolute Gasteiger partial charge is 0.317 e. The second-order valence-electron chi connectivity index (χ2n) is 7.36. The minimum atomic E-state index is -0.101. The summed E-state index contributed by atoms with van der Waals surface area (Å²) in [5.74, 6) is 2.07. The average Bonchev–Trinajstić information content (AvgIpc) is 3.13. The molecule has 1 aromatic heterocycles. The fraction of sp³-hybridized carbons (Fsp3) is 0.455. The van der Waals surface area contributed by atoms with E-state index in [-0.39, 0.29) is 11.9 Å². The molecule has 0 bridgehead atoms. The Hall–Kier alpha value is -2.76. The summed E-state index contributed by atoms with van der Waals surface area (Å²) in [6, 6.07) is 11.6. The van der Waals surface area contributed by atoms with Gasteiger partial charge >= 0.3 is 6.03 Å². The standard InChI is InChI=1S/C22H29N3O3/c1-3-23-22(27)25-12-10-18(11-13-25)14-17-5-7-19(8-6-17)21(26)24-15-20-9-4-16(2)28-20/h4-9,18H,3,10-15H2,1-2H3,(H,23,27)(H,24,26). The summed E-state index contributed by atoms with van der Waals surface area (Å²) in [6.45, 7) is 6.49. The topological polar surface area (TPSA) is 74.6 Å². The van der Waals surface area contributed by atoms with Crippen molar-refractivity contribution in [3.8, 4) is 0 Å². The first-order chi connectivity index (χ1) is 13.5. The zero-order chi connectivity index (χ0) is 19.9. The number of benzene rings is 1. The lowest BCUT2D eigenvalue weighted by Gasteiger charge is -2.32. The maximum Gasteiger partial charge on any atom is 0.317 e. The fourth-order valence-corrected chi connectivity index (χ4v) is 3.58. The highest BCUT2D eigenvalue weighted by molar-refractivity contribution is 5.94. The molecule has 28 heavy (non-hydrogen) atoms. The van der Waals surface area contributed by atoms with Gasteiger partial charge in [0, 0.05) is 25.2 Å². The van der Waals surface area contributed by atoms with E-state index in [1.54, 1.807) is 0 Å².